The minimum atomic E-state index is -4.45. The van der Waals surface area contributed by atoms with Crippen LogP contribution < -0.4 is 11.3 Å². The molecule has 0 aliphatic rings. The summed E-state index contributed by atoms with van der Waals surface area (Å²) in [6, 6.07) is 12.0. The first-order valence-corrected chi connectivity index (χ1v) is 9.24. The predicted octanol–water partition coefficient (Wildman–Crippen LogP) is 4.73. The molecule has 0 unspecified atom stereocenters. The second-order valence-corrected chi connectivity index (χ2v) is 7.05. The summed E-state index contributed by atoms with van der Waals surface area (Å²) in [5.74, 6) is 0. The normalized spacial score (nSPS) is 12.0. The van der Waals surface area contributed by atoms with E-state index in [1.807, 2.05) is 18.2 Å². The lowest BCUT2D eigenvalue weighted by molar-refractivity contribution is -0.137. The van der Waals surface area contributed by atoms with Crippen molar-refractivity contribution in [3.05, 3.63) is 77.0 Å². The van der Waals surface area contributed by atoms with E-state index in [1.54, 1.807) is 12.3 Å². The van der Waals surface area contributed by atoms with Crippen molar-refractivity contribution in [2.75, 3.05) is 5.73 Å². The first-order valence-electron chi connectivity index (χ1n) is 9.24. The second-order valence-electron chi connectivity index (χ2n) is 7.05. The highest BCUT2D eigenvalue weighted by Gasteiger charge is 2.30. The van der Waals surface area contributed by atoms with Gasteiger partial charge in [0.1, 0.15) is 0 Å². The molecule has 9 heteroatoms. The van der Waals surface area contributed by atoms with Gasteiger partial charge in [-0.1, -0.05) is 24.3 Å². The Morgan fingerprint density at radius 3 is 2.48 bits per heavy atom. The fourth-order valence-corrected chi connectivity index (χ4v) is 3.76. The monoisotopic (exact) mass is 421 g/mol. The Morgan fingerprint density at radius 1 is 0.968 bits per heavy atom. The minimum Gasteiger partial charge on any atom is -0.398 e. The number of nitrogens with two attached hydrogens (primary N) is 1. The highest BCUT2D eigenvalue weighted by molar-refractivity contribution is 6.09. The van der Waals surface area contributed by atoms with Gasteiger partial charge in [0.15, 0.2) is 0 Å². The molecule has 3 aromatic carbocycles. The zero-order valence-electron chi connectivity index (χ0n) is 15.8. The molecule has 0 saturated heterocycles. The molecule has 0 saturated carbocycles. The van der Waals surface area contributed by atoms with Gasteiger partial charge in [0.2, 0.25) is 0 Å². The molecular formula is C22H14F3N5O. The maximum atomic E-state index is 13.0. The SMILES string of the molecule is Nc1c(-c2cccc3[nH]ncc23)cc(-c2ccc(C(F)(F)F)cc2)c2nc[nH]c(=O)c12. The van der Waals surface area contributed by atoms with E-state index in [0.29, 0.717) is 22.2 Å². The fraction of sp³-hybridized carbons (Fsp3) is 0.0455. The van der Waals surface area contributed by atoms with Crippen LogP contribution in [0.25, 0.3) is 44.1 Å². The van der Waals surface area contributed by atoms with Gasteiger partial charge in [0, 0.05) is 16.5 Å². The van der Waals surface area contributed by atoms with Gasteiger partial charge >= 0.3 is 6.18 Å². The van der Waals surface area contributed by atoms with E-state index in [9.17, 15) is 18.0 Å². The molecular weight excluding hydrogens is 407 g/mol. The molecule has 0 fully saturated rings. The van der Waals surface area contributed by atoms with Gasteiger partial charge in [0.25, 0.3) is 5.56 Å². The summed E-state index contributed by atoms with van der Waals surface area (Å²) in [6.07, 6.45) is -1.55. The quantitative estimate of drug-likeness (QED) is 0.359. The number of hydrogen-bond acceptors (Lipinski definition) is 4. The molecule has 6 nitrogen and oxygen atoms in total. The molecule has 2 heterocycles. The van der Waals surface area contributed by atoms with Crippen LogP contribution in [-0.4, -0.2) is 20.2 Å². The summed E-state index contributed by atoms with van der Waals surface area (Å²) < 4.78 is 39.0. The molecule has 5 rings (SSSR count). The standard InChI is InChI=1S/C22H14F3N5O/c23-22(24,25)12-6-4-11(5-7-12)14-8-15(13-2-1-3-17-16(13)9-29-30-17)19(26)18-20(14)27-10-28-21(18)31/h1-10H,26H2,(H,29,30)(H,27,28,31). The Labute approximate surface area is 172 Å². The molecule has 154 valence electrons. The number of benzene rings is 3. The molecule has 0 aliphatic heterocycles. The topological polar surface area (TPSA) is 100 Å². The number of nitrogen functional groups attached to an aromatic ring is 1. The molecule has 0 radical (unpaired) electrons. The number of halogens is 3. The van der Waals surface area contributed by atoms with Crippen molar-refractivity contribution in [1.29, 1.82) is 0 Å². The Bertz CT molecular complexity index is 1500. The van der Waals surface area contributed by atoms with Gasteiger partial charge in [-0.25, -0.2) is 4.98 Å². The Hall–Kier alpha value is -4.14. The Balaban J connectivity index is 1.83. The third-order valence-corrected chi connectivity index (χ3v) is 5.25. The van der Waals surface area contributed by atoms with E-state index in [4.69, 9.17) is 5.73 Å². The molecule has 0 spiro atoms. The van der Waals surface area contributed by atoms with Crippen molar-refractivity contribution in [1.82, 2.24) is 20.2 Å². The van der Waals surface area contributed by atoms with Crippen LogP contribution in [0.3, 0.4) is 0 Å². The van der Waals surface area contributed by atoms with Gasteiger partial charge in [-0.2, -0.15) is 18.3 Å². The van der Waals surface area contributed by atoms with Gasteiger partial charge in [0.05, 0.1) is 40.2 Å². The van der Waals surface area contributed by atoms with Crippen molar-refractivity contribution < 1.29 is 13.2 Å². The zero-order valence-corrected chi connectivity index (χ0v) is 15.8. The van der Waals surface area contributed by atoms with E-state index in [2.05, 4.69) is 20.2 Å². The molecule has 31 heavy (non-hydrogen) atoms. The van der Waals surface area contributed by atoms with Crippen LogP contribution in [0.1, 0.15) is 5.56 Å². The Kier molecular flexibility index (Phi) is 4.07. The van der Waals surface area contributed by atoms with Crippen molar-refractivity contribution in [3.8, 4) is 22.3 Å². The lowest BCUT2D eigenvalue weighted by Crippen LogP contribution is -2.10. The average Bonchev–Trinajstić information content (AvgIpc) is 3.23. The number of aromatic amines is 2. The van der Waals surface area contributed by atoms with Crippen molar-refractivity contribution in [2.24, 2.45) is 0 Å². The van der Waals surface area contributed by atoms with Crippen LogP contribution in [0.15, 0.2) is 65.8 Å². The summed E-state index contributed by atoms with van der Waals surface area (Å²) in [5, 5.41) is 7.92. The second kappa shape index (κ2) is 6.69. The first-order chi connectivity index (χ1) is 14.8. The number of H-pyrrole nitrogens is 2. The van der Waals surface area contributed by atoms with Gasteiger partial charge in [-0.05, 0) is 35.4 Å². The van der Waals surface area contributed by atoms with Gasteiger partial charge in [-0.15, -0.1) is 0 Å². The van der Waals surface area contributed by atoms with Gasteiger partial charge in [-0.3, -0.25) is 9.89 Å². The van der Waals surface area contributed by atoms with E-state index in [0.717, 1.165) is 28.6 Å². The lowest BCUT2D eigenvalue weighted by atomic mass is 9.92. The fourth-order valence-electron chi connectivity index (χ4n) is 3.76. The van der Waals surface area contributed by atoms with E-state index in [-0.39, 0.29) is 11.1 Å². The number of aromatic nitrogens is 4. The van der Waals surface area contributed by atoms with Crippen molar-refractivity contribution in [3.63, 3.8) is 0 Å². The summed E-state index contributed by atoms with van der Waals surface area (Å²) in [7, 11) is 0. The van der Waals surface area contributed by atoms with Crippen LogP contribution in [0.4, 0.5) is 18.9 Å². The summed E-state index contributed by atoms with van der Waals surface area (Å²) in [5.41, 5.74) is 8.82. The van der Waals surface area contributed by atoms with Gasteiger partial charge < -0.3 is 10.7 Å². The number of nitrogens with zero attached hydrogens (tertiary/aromatic N) is 2. The molecule has 0 amide bonds. The van der Waals surface area contributed by atoms with E-state index >= 15 is 0 Å². The number of nitrogens with one attached hydrogen (secondary N) is 2. The Morgan fingerprint density at radius 2 is 1.74 bits per heavy atom. The first kappa shape index (κ1) is 18.9. The molecule has 4 N–H and O–H groups in total. The van der Waals surface area contributed by atoms with Crippen LogP contribution in [0, 0.1) is 0 Å². The van der Waals surface area contributed by atoms with Crippen LogP contribution >= 0.6 is 0 Å². The summed E-state index contributed by atoms with van der Waals surface area (Å²) in [4.78, 5) is 19.4. The van der Waals surface area contributed by atoms with Crippen molar-refractivity contribution in [2.45, 2.75) is 6.18 Å². The van der Waals surface area contributed by atoms with Crippen LogP contribution in [0.2, 0.25) is 0 Å². The number of fused-ring (bicyclic) bond motifs is 2. The highest BCUT2D eigenvalue weighted by Crippen LogP contribution is 2.40. The number of alkyl halides is 3. The number of hydrogen-bond donors (Lipinski definition) is 3. The lowest BCUT2D eigenvalue weighted by Gasteiger charge is -2.14. The number of rotatable bonds is 2. The molecule has 2 aromatic heterocycles. The predicted molar refractivity (Wildman–Crippen MR) is 112 cm³/mol. The van der Waals surface area contributed by atoms with E-state index in [1.165, 1.54) is 18.5 Å². The largest absolute Gasteiger partial charge is 0.416 e. The zero-order chi connectivity index (χ0) is 21.8. The molecule has 0 atom stereocenters. The molecule has 5 aromatic rings. The average molecular weight is 421 g/mol. The smallest absolute Gasteiger partial charge is 0.398 e. The number of anilines is 1. The molecule has 0 aliphatic carbocycles. The maximum absolute atomic E-state index is 13.0. The third-order valence-electron chi connectivity index (χ3n) is 5.25. The maximum Gasteiger partial charge on any atom is 0.416 e. The molecule has 0 bridgehead atoms. The minimum absolute atomic E-state index is 0.176. The van der Waals surface area contributed by atoms with E-state index < -0.39 is 17.3 Å². The highest BCUT2D eigenvalue weighted by atomic mass is 19.4. The van der Waals surface area contributed by atoms with Crippen LogP contribution in [0.5, 0.6) is 0 Å². The van der Waals surface area contributed by atoms with Crippen molar-refractivity contribution >= 4 is 27.5 Å². The summed E-state index contributed by atoms with van der Waals surface area (Å²) in [6.45, 7) is 0. The van der Waals surface area contributed by atoms with Crippen LogP contribution in [-0.2, 0) is 6.18 Å². The summed E-state index contributed by atoms with van der Waals surface area (Å²) >= 11 is 0. The third kappa shape index (κ3) is 3.02.